The fourth-order valence-corrected chi connectivity index (χ4v) is 3.63. The molecule has 3 nitrogen and oxygen atoms in total. The fourth-order valence-electron chi connectivity index (χ4n) is 3.63. The standard InChI is InChI=1S/C19H29N3/c1-22-18(14-20-16-8-4-2-5-9-16)12-13-19(22)15-21-17-10-6-3-7-11-17/h12-17H,2-11H2,1H3. The van der Waals surface area contributed by atoms with Crippen LogP contribution in [0.2, 0.25) is 0 Å². The molecule has 2 aliphatic rings. The molecule has 0 bridgehead atoms. The fraction of sp³-hybridized carbons (Fsp3) is 0.684. The molecule has 0 amide bonds. The van der Waals surface area contributed by atoms with Crippen molar-refractivity contribution in [3.8, 4) is 0 Å². The van der Waals surface area contributed by atoms with Crippen LogP contribution in [0.5, 0.6) is 0 Å². The predicted octanol–water partition coefficient (Wildman–Crippen LogP) is 4.53. The van der Waals surface area contributed by atoms with Gasteiger partial charge in [-0.05, 0) is 37.8 Å². The summed E-state index contributed by atoms with van der Waals surface area (Å²) in [5, 5.41) is 0. The number of aromatic nitrogens is 1. The minimum absolute atomic E-state index is 0.544. The first-order valence-electron chi connectivity index (χ1n) is 9.05. The van der Waals surface area contributed by atoms with Crippen molar-refractivity contribution in [2.45, 2.75) is 76.3 Å². The minimum Gasteiger partial charge on any atom is -0.342 e. The van der Waals surface area contributed by atoms with Gasteiger partial charge in [-0.25, -0.2) is 0 Å². The molecular weight excluding hydrogens is 270 g/mol. The van der Waals surface area contributed by atoms with Crippen LogP contribution in [-0.2, 0) is 7.05 Å². The molecule has 3 heteroatoms. The lowest BCUT2D eigenvalue weighted by Crippen LogP contribution is -2.11. The van der Waals surface area contributed by atoms with E-state index in [2.05, 4.69) is 36.2 Å². The van der Waals surface area contributed by atoms with Gasteiger partial charge in [0.05, 0.1) is 23.5 Å². The third-order valence-corrected chi connectivity index (χ3v) is 5.18. The Balaban J connectivity index is 1.61. The van der Waals surface area contributed by atoms with Gasteiger partial charge in [-0.3, -0.25) is 9.98 Å². The molecule has 0 radical (unpaired) electrons. The summed E-state index contributed by atoms with van der Waals surface area (Å²) in [7, 11) is 2.12. The summed E-state index contributed by atoms with van der Waals surface area (Å²) in [5.74, 6) is 0. The molecule has 2 saturated carbocycles. The number of aliphatic imine (C=N–C) groups is 2. The van der Waals surface area contributed by atoms with E-state index in [1.807, 2.05) is 0 Å². The maximum absolute atomic E-state index is 4.79. The van der Waals surface area contributed by atoms with Crippen LogP contribution in [0.1, 0.15) is 75.6 Å². The van der Waals surface area contributed by atoms with Gasteiger partial charge in [0.25, 0.3) is 0 Å². The zero-order valence-electron chi connectivity index (χ0n) is 13.9. The van der Waals surface area contributed by atoms with Gasteiger partial charge in [0.1, 0.15) is 0 Å². The highest BCUT2D eigenvalue weighted by Crippen LogP contribution is 2.21. The van der Waals surface area contributed by atoms with Crippen LogP contribution in [0.15, 0.2) is 22.1 Å². The Kier molecular flexibility index (Phi) is 5.47. The molecule has 2 aliphatic carbocycles. The molecular formula is C19H29N3. The van der Waals surface area contributed by atoms with Crippen molar-refractivity contribution in [1.82, 2.24) is 4.57 Å². The maximum atomic E-state index is 4.79. The van der Waals surface area contributed by atoms with Crippen molar-refractivity contribution >= 4 is 12.4 Å². The zero-order chi connectivity index (χ0) is 15.2. The Hall–Kier alpha value is -1.38. The molecule has 120 valence electrons. The topological polar surface area (TPSA) is 29.6 Å². The van der Waals surface area contributed by atoms with Crippen LogP contribution >= 0.6 is 0 Å². The normalized spacial score (nSPS) is 22.0. The van der Waals surface area contributed by atoms with Crippen LogP contribution in [-0.4, -0.2) is 29.1 Å². The summed E-state index contributed by atoms with van der Waals surface area (Å²) < 4.78 is 2.21. The quantitative estimate of drug-likeness (QED) is 0.731. The SMILES string of the molecule is Cn1c(C=NC2CCCCC2)ccc1C=NC1CCCCC1. The molecule has 0 saturated heterocycles. The molecule has 0 unspecified atom stereocenters. The highest BCUT2D eigenvalue weighted by Gasteiger charge is 2.12. The van der Waals surface area contributed by atoms with E-state index in [-0.39, 0.29) is 0 Å². The summed E-state index contributed by atoms with van der Waals surface area (Å²) in [6.45, 7) is 0. The monoisotopic (exact) mass is 299 g/mol. The Labute approximate surface area is 134 Å². The average molecular weight is 299 g/mol. The minimum atomic E-state index is 0.544. The van der Waals surface area contributed by atoms with Crippen LogP contribution < -0.4 is 0 Å². The summed E-state index contributed by atoms with van der Waals surface area (Å²) in [5.41, 5.74) is 2.38. The Morgan fingerprint density at radius 3 is 1.59 bits per heavy atom. The molecule has 0 spiro atoms. The third-order valence-electron chi connectivity index (χ3n) is 5.18. The maximum Gasteiger partial charge on any atom is 0.0590 e. The average Bonchev–Trinajstić information content (AvgIpc) is 2.93. The van der Waals surface area contributed by atoms with Crippen molar-refractivity contribution in [2.75, 3.05) is 0 Å². The third kappa shape index (κ3) is 4.08. The molecule has 3 rings (SSSR count). The van der Waals surface area contributed by atoms with Crippen molar-refractivity contribution < 1.29 is 0 Å². The lowest BCUT2D eigenvalue weighted by molar-refractivity contribution is 0.444. The van der Waals surface area contributed by atoms with Gasteiger partial charge in [-0.1, -0.05) is 38.5 Å². The van der Waals surface area contributed by atoms with E-state index in [4.69, 9.17) is 9.98 Å². The number of hydrogen-bond acceptors (Lipinski definition) is 2. The molecule has 1 aromatic heterocycles. The summed E-state index contributed by atoms with van der Waals surface area (Å²) in [6, 6.07) is 5.41. The van der Waals surface area contributed by atoms with Crippen molar-refractivity contribution in [3.63, 3.8) is 0 Å². The Bertz CT molecular complexity index is 469. The predicted molar refractivity (Wildman–Crippen MR) is 94.3 cm³/mol. The van der Waals surface area contributed by atoms with E-state index >= 15 is 0 Å². The molecule has 1 aromatic rings. The molecule has 2 fully saturated rings. The van der Waals surface area contributed by atoms with E-state index in [0.29, 0.717) is 12.1 Å². The molecule has 1 heterocycles. The van der Waals surface area contributed by atoms with Gasteiger partial charge < -0.3 is 4.57 Å². The van der Waals surface area contributed by atoms with Gasteiger partial charge in [-0.15, -0.1) is 0 Å². The second-order valence-corrected chi connectivity index (χ2v) is 6.88. The lowest BCUT2D eigenvalue weighted by atomic mass is 9.96. The molecule has 0 aliphatic heterocycles. The summed E-state index contributed by atoms with van der Waals surface area (Å²) >= 11 is 0. The second-order valence-electron chi connectivity index (χ2n) is 6.88. The van der Waals surface area contributed by atoms with Crippen LogP contribution in [0.3, 0.4) is 0 Å². The largest absolute Gasteiger partial charge is 0.342 e. The van der Waals surface area contributed by atoms with Crippen LogP contribution in [0.25, 0.3) is 0 Å². The summed E-state index contributed by atoms with van der Waals surface area (Å²) in [6.07, 6.45) is 17.3. The van der Waals surface area contributed by atoms with Gasteiger partial charge in [0, 0.05) is 19.5 Å². The van der Waals surface area contributed by atoms with Gasteiger partial charge >= 0.3 is 0 Å². The summed E-state index contributed by atoms with van der Waals surface area (Å²) in [4.78, 5) is 9.57. The van der Waals surface area contributed by atoms with E-state index in [1.165, 1.54) is 75.6 Å². The van der Waals surface area contributed by atoms with Gasteiger partial charge in [0.2, 0.25) is 0 Å². The van der Waals surface area contributed by atoms with E-state index < -0.39 is 0 Å². The van der Waals surface area contributed by atoms with Crippen molar-refractivity contribution in [3.05, 3.63) is 23.5 Å². The van der Waals surface area contributed by atoms with E-state index in [1.54, 1.807) is 0 Å². The molecule has 0 atom stereocenters. The second kappa shape index (κ2) is 7.75. The molecule has 0 N–H and O–H groups in total. The smallest absolute Gasteiger partial charge is 0.0590 e. The molecule has 22 heavy (non-hydrogen) atoms. The lowest BCUT2D eigenvalue weighted by Gasteiger charge is -2.17. The van der Waals surface area contributed by atoms with Crippen molar-refractivity contribution in [1.29, 1.82) is 0 Å². The van der Waals surface area contributed by atoms with Crippen LogP contribution in [0, 0.1) is 0 Å². The first-order chi connectivity index (χ1) is 10.8. The van der Waals surface area contributed by atoms with E-state index in [0.717, 1.165) is 0 Å². The highest BCUT2D eigenvalue weighted by molar-refractivity contribution is 5.84. The molecule has 0 aromatic carbocycles. The van der Waals surface area contributed by atoms with Crippen LogP contribution in [0.4, 0.5) is 0 Å². The first-order valence-corrected chi connectivity index (χ1v) is 9.05. The van der Waals surface area contributed by atoms with Gasteiger partial charge in [-0.2, -0.15) is 0 Å². The van der Waals surface area contributed by atoms with Gasteiger partial charge in [0.15, 0.2) is 0 Å². The number of nitrogens with zero attached hydrogens (tertiary/aromatic N) is 3. The number of hydrogen-bond donors (Lipinski definition) is 0. The Morgan fingerprint density at radius 1 is 0.773 bits per heavy atom. The number of rotatable bonds is 4. The van der Waals surface area contributed by atoms with E-state index in [9.17, 15) is 0 Å². The zero-order valence-corrected chi connectivity index (χ0v) is 13.9. The highest BCUT2D eigenvalue weighted by atomic mass is 15.0. The Morgan fingerprint density at radius 2 is 1.18 bits per heavy atom. The first kappa shape index (κ1) is 15.5. The van der Waals surface area contributed by atoms with Crippen molar-refractivity contribution in [2.24, 2.45) is 17.0 Å².